The van der Waals surface area contributed by atoms with Crippen LogP contribution in [-0.2, 0) is 19.5 Å². The molecule has 0 saturated carbocycles. The number of aromatic nitrogens is 1. The lowest BCUT2D eigenvalue weighted by molar-refractivity contribution is 0.251. The maximum absolute atomic E-state index is 12.2. The number of likely N-dealkylation sites (N-methyl/N-ethyl adjacent to an activating group) is 1. The lowest BCUT2D eigenvalue weighted by atomic mass is 10.0. The summed E-state index contributed by atoms with van der Waals surface area (Å²) in [7, 11) is 0. The van der Waals surface area contributed by atoms with Gasteiger partial charge in [0.1, 0.15) is 5.00 Å². The number of urea groups is 1. The lowest BCUT2D eigenvalue weighted by Gasteiger charge is -2.25. The van der Waals surface area contributed by atoms with Crippen LogP contribution < -0.4 is 10.6 Å². The molecule has 1 aliphatic heterocycles. The Morgan fingerprint density at radius 1 is 1.27 bits per heavy atom. The highest BCUT2D eigenvalue weighted by Gasteiger charge is 2.24. The Morgan fingerprint density at radius 3 is 2.85 bits per heavy atom. The van der Waals surface area contributed by atoms with E-state index in [0.29, 0.717) is 6.54 Å². The molecule has 0 bridgehead atoms. The number of nitrogens with one attached hydrogen (secondary N) is 2. The van der Waals surface area contributed by atoms with Crippen LogP contribution >= 0.6 is 22.7 Å². The van der Waals surface area contributed by atoms with Crippen LogP contribution in [0.5, 0.6) is 0 Å². The summed E-state index contributed by atoms with van der Waals surface area (Å²) in [4.78, 5) is 16.1. The van der Waals surface area contributed by atoms with Crippen LogP contribution in [-0.4, -0.2) is 28.6 Å². The second-order valence-corrected chi connectivity index (χ2v) is 8.31. The minimum atomic E-state index is -0.156. The van der Waals surface area contributed by atoms with Gasteiger partial charge in [0.15, 0.2) is 0 Å². The molecule has 0 unspecified atom stereocenters. The number of anilines is 1. The largest absolute Gasteiger partial charge is 0.334 e. The highest BCUT2D eigenvalue weighted by molar-refractivity contribution is 7.15. The van der Waals surface area contributed by atoms with E-state index in [2.05, 4.69) is 39.4 Å². The Hall–Kier alpha value is -2.09. The quantitative estimate of drug-likeness (QED) is 0.687. The van der Waals surface area contributed by atoms with Gasteiger partial charge in [0, 0.05) is 42.5 Å². The maximum atomic E-state index is 12.2. The zero-order chi connectivity index (χ0) is 17.9. The highest BCUT2D eigenvalue weighted by Crippen LogP contribution is 2.35. The topological polar surface area (TPSA) is 49.3 Å². The van der Waals surface area contributed by atoms with Gasteiger partial charge < -0.3 is 9.88 Å². The molecule has 2 N–H and O–H groups in total. The molecule has 1 aliphatic rings. The standard InChI is InChI=1S/C19H22N4OS2/c1-2-22-10-7-14-15(12-20-19(24)21-17-6-5-11-25-17)18(26-16(14)13-22)23-8-3-4-9-23/h3-6,8-9,11H,2,7,10,12-13H2,1H3,(H2,20,21,24). The van der Waals surface area contributed by atoms with Crippen LogP contribution in [0.1, 0.15) is 22.9 Å². The van der Waals surface area contributed by atoms with Gasteiger partial charge in [-0.3, -0.25) is 10.2 Å². The van der Waals surface area contributed by atoms with E-state index in [1.165, 1.54) is 32.3 Å². The highest BCUT2D eigenvalue weighted by atomic mass is 32.1. The first-order valence-corrected chi connectivity index (χ1v) is 10.5. The number of hydrogen-bond donors (Lipinski definition) is 2. The average Bonchev–Trinajstić information content (AvgIpc) is 3.39. The molecular formula is C19H22N4OS2. The molecule has 5 nitrogen and oxygen atoms in total. The SMILES string of the molecule is CCN1CCc2c(sc(-n3cccc3)c2CNC(=O)Nc2cccs2)C1. The van der Waals surface area contributed by atoms with E-state index in [4.69, 9.17) is 0 Å². The van der Waals surface area contributed by atoms with Crippen molar-refractivity contribution in [2.75, 3.05) is 18.4 Å². The zero-order valence-electron chi connectivity index (χ0n) is 14.7. The van der Waals surface area contributed by atoms with Crippen molar-refractivity contribution in [2.45, 2.75) is 26.4 Å². The molecule has 0 radical (unpaired) electrons. The van der Waals surface area contributed by atoms with E-state index in [0.717, 1.165) is 31.1 Å². The molecule has 3 aromatic heterocycles. The molecule has 3 aromatic rings. The summed E-state index contributed by atoms with van der Waals surface area (Å²) in [5.41, 5.74) is 2.66. The Labute approximate surface area is 161 Å². The maximum Gasteiger partial charge on any atom is 0.320 e. The van der Waals surface area contributed by atoms with Crippen LogP contribution in [0, 0.1) is 0 Å². The fourth-order valence-electron chi connectivity index (χ4n) is 3.31. The van der Waals surface area contributed by atoms with Crippen molar-refractivity contribution in [1.29, 1.82) is 0 Å². The van der Waals surface area contributed by atoms with E-state index >= 15 is 0 Å². The van der Waals surface area contributed by atoms with Gasteiger partial charge in [-0.2, -0.15) is 0 Å². The normalized spacial score (nSPS) is 14.2. The fourth-order valence-corrected chi connectivity index (χ4v) is 5.30. The van der Waals surface area contributed by atoms with Crippen molar-refractivity contribution in [1.82, 2.24) is 14.8 Å². The summed E-state index contributed by atoms with van der Waals surface area (Å²) in [5, 5.41) is 9.96. The van der Waals surface area contributed by atoms with E-state index in [1.807, 2.05) is 41.0 Å². The number of rotatable bonds is 5. The minimum Gasteiger partial charge on any atom is -0.334 e. The summed E-state index contributed by atoms with van der Waals surface area (Å²) in [5.74, 6) is 0. The summed E-state index contributed by atoms with van der Waals surface area (Å²) in [6.45, 7) is 5.92. The molecule has 0 aliphatic carbocycles. The van der Waals surface area contributed by atoms with E-state index in [1.54, 1.807) is 0 Å². The van der Waals surface area contributed by atoms with Crippen molar-refractivity contribution in [3.05, 3.63) is 58.0 Å². The van der Waals surface area contributed by atoms with Crippen molar-refractivity contribution in [3.8, 4) is 5.00 Å². The average molecular weight is 387 g/mol. The third-order valence-corrected chi connectivity index (χ3v) is 6.75. The monoisotopic (exact) mass is 386 g/mol. The van der Waals surface area contributed by atoms with Crippen LogP contribution in [0.15, 0.2) is 42.0 Å². The van der Waals surface area contributed by atoms with E-state index < -0.39 is 0 Å². The summed E-state index contributed by atoms with van der Waals surface area (Å²) in [6, 6.07) is 7.76. The number of amides is 2. The molecule has 0 saturated heterocycles. The van der Waals surface area contributed by atoms with Crippen molar-refractivity contribution in [2.24, 2.45) is 0 Å². The first-order chi connectivity index (χ1) is 12.7. The summed E-state index contributed by atoms with van der Waals surface area (Å²) in [6.07, 6.45) is 5.19. The molecule has 0 spiro atoms. The number of carbonyl (C=O) groups is 1. The molecule has 4 heterocycles. The molecule has 0 fully saturated rings. The van der Waals surface area contributed by atoms with Gasteiger partial charge >= 0.3 is 6.03 Å². The van der Waals surface area contributed by atoms with Crippen molar-refractivity contribution >= 4 is 33.7 Å². The Morgan fingerprint density at radius 2 is 2.12 bits per heavy atom. The second kappa shape index (κ2) is 7.65. The van der Waals surface area contributed by atoms with Gasteiger partial charge in [-0.15, -0.1) is 22.7 Å². The minimum absolute atomic E-state index is 0.156. The number of hydrogen-bond acceptors (Lipinski definition) is 4. The molecule has 7 heteroatoms. The predicted molar refractivity (Wildman–Crippen MR) is 108 cm³/mol. The molecule has 136 valence electrons. The summed E-state index contributed by atoms with van der Waals surface area (Å²) < 4.78 is 2.16. The number of fused-ring (bicyclic) bond motifs is 1. The van der Waals surface area contributed by atoms with Gasteiger partial charge in [-0.1, -0.05) is 6.92 Å². The first-order valence-electron chi connectivity index (χ1n) is 8.82. The van der Waals surface area contributed by atoms with Gasteiger partial charge in [0.05, 0.1) is 5.00 Å². The molecule has 26 heavy (non-hydrogen) atoms. The van der Waals surface area contributed by atoms with E-state index in [9.17, 15) is 4.79 Å². The molecule has 4 rings (SSSR count). The Bertz CT molecular complexity index is 868. The van der Waals surface area contributed by atoms with Crippen molar-refractivity contribution in [3.63, 3.8) is 0 Å². The zero-order valence-corrected chi connectivity index (χ0v) is 16.3. The molecule has 0 atom stereocenters. The first kappa shape index (κ1) is 17.3. The van der Waals surface area contributed by atoms with Crippen molar-refractivity contribution < 1.29 is 4.79 Å². The van der Waals surface area contributed by atoms with Gasteiger partial charge in [-0.05, 0) is 48.2 Å². The van der Waals surface area contributed by atoms with E-state index in [-0.39, 0.29) is 6.03 Å². The van der Waals surface area contributed by atoms with Gasteiger partial charge in [0.25, 0.3) is 0 Å². The predicted octanol–water partition coefficient (Wildman–Crippen LogP) is 4.30. The fraction of sp³-hybridized carbons (Fsp3) is 0.316. The summed E-state index contributed by atoms with van der Waals surface area (Å²) >= 11 is 3.37. The molecular weight excluding hydrogens is 364 g/mol. The third-order valence-electron chi connectivity index (χ3n) is 4.69. The van der Waals surface area contributed by atoms with Crippen LogP contribution in [0.25, 0.3) is 5.00 Å². The van der Waals surface area contributed by atoms with Crippen LogP contribution in [0.4, 0.5) is 9.80 Å². The van der Waals surface area contributed by atoms with Crippen LogP contribution in [0.2, 0.25) is 0 Å². The number of carbonyl (C=O) groups excluding carboxylic acids is 1. The number of thiophene rings is 2. The number of nitrogens with zero attached hydrogens (tertiary/aromatic N) is 2. The molecule has 0 aromatic carbocycles. The van der Waals surface area contributed by atoms with Crippen LogP contribution in [0.3, 0.4) is 0 Å². The smallest absolute Gasteiger partial charge is 0.320 e. The Kier molecular flexibility index (Phi) is 5.10. The molecule has 2 amide bonds. The lowest BCUT2D eigenvalue weighted by Crippen LogP contribution is -2.31. The van der Waals surface area contributed by atoms with Gasteiger partial charge in [-0.25, -0.2) is 4.79 Å². The second-order valence-electron chi connectivity index (χ2n) is 6.28. The third kappa shape index (κ3) is 3.56. The Balaban J connectivity index is 1.56. The van der Waals surface area contributed by atoms with Gasteiger partial charge in [0.2, 0.25) is 0 Å².